The van der Waals surface area contributed by atoms with E-state index in [0.29, 0.717) is 28.5 Å². The minimum Gasteiger partial charge on any atom is -0.418 e. The second-order valence-corrected chi connectivity index (χ2v) is 5.13. The molecule has 0 fully saturated rings. The Kier molecular flexibility index (Phi) is 2.78. The highest BCUT2D eigenvalue weighted by Crippen LogP contribution is 2.31. The molecule has 1 aromatic carbocycles. The molecular weight excluding hydrogens is 292 g/mol. The molecule has 0 radical (unpaired) electrons. The van der Waals surface area contributed by atoms with Crippen LogP contribution in [0.4, 0.5) is 5.82 Å². The van der Waals surface area contributed by atoms with Crippen LogP contribution >= 0.6 is 0 Å². The minimum absolute atomic E-state index is 0.431. The summed E-state index contributed by atoms with van der Waals surface area (Å²) in [5.74, 6) is 1.07. The minimum atomic E-state index is 0.431. The number of pyridine rings is 1. The number of aryl methyl sites for hydroxylation is 1. The number of nitrogens with one attached hydrogen (secondary N) is 1. The zero-order valence-electron chi connectivity index (χ0n) is 12.5. The molecule has 3 aromatic heterocycles. The van der Waals surface area contributed by atoms with E-state index in [1.54, 1.807) is 31.6 Å². The molecule has 7 heteroatoms. The van der Waals surface area contributed by atoms with Crippen molar-refractivity contribution in [2.45, 2.75) is 0 Å². The largest absolute Gasteiger partial charge is 0.418 e. The van der Waals surface area contributed by atoms with Crippen LogP contribution in [0.3, 0.4) is 0 Å². The van der Waals surface area contributed by atoms with Crippen LogP contribution < -0.4 is 5.32 Å². The zero-order chi connectivity index (χ0) is 16.0. The maximum absolute atomic E-state index is 9.03. The number of anilines is 1. The maximum Gasteiger partial charge on any atom is 0.251 e. The summed E-state index contributed by atoms with van der Waals surface area (Å²) in [5.41, 5.74) is 3.97. The van der Waals surface area contributed by atoms with E-state index < -0.39 is 0 Å². The first-order valence-corrected chi connectivity index (χ1v) is 7.01. The number of hydrogen-bond donors (Lipinski definition) is 1. The molecule has 1 N–H and O–H groups in total. The van der Waals surface area contributed by atoms with Crippen molar-refractivity contribution in [3.8, 4) is 17.5 Å². The summed E-state index contributed by atoms with van der Waals surface area (Å²) in [6.45, 7) is 0. The van der Waals surface area contributed by atoms with Gasteiger partial charge in [-0.1, -0.05) is 6.07 Å². The van der Waals surface area contributed by atoms with Gasteiger partial charge in [0.1, 0.15) is 11.0 Å². The van der Waals surface area contributed by atoms with Crippen LogP contribution in [0.1, 0.15) is 5.56 Å². The zero-order valence-corrected chi connectivity index (χ0v) is 12.5. The van der Waals surface area contributed by atoms with Crippen molar-refractivity contribution >= 4 is 28.1 Å². The standard InChI is InChI=1S/C16H12N6O/c1-18-14-11-13(22(2)8-19-11)12-16(21-14)23-15(20-12)10-5-3-4-9(6-10)7-17/h3-6,8H,1-2H3,(H,18,21). The van der Waals surface area contributed by atoms with Crippen LogP contribution in [0.5, 0.6) is 0 Å². The van der Waals surface area contributed by atoms with E-state index in [-0.39, 0.29) is 0 Å². The van der Waals surface area contributed by atoms with Gasteiger partial charge in [0, 0.05) is 19.7 Å². The fourth-order valence-corrected chi connectivity index (χ4v) is 2.60. The van der Waals surface area contributed by atoms with Gasteiger partial charge in [-0.25, -0.2) is 9.97 Å². The van der Waals surface area contributed by atoms with Gasteiger partial charge in [-0.15, -0.1) is 0 Å². The summed E-state index contributed by atoms with van der Waals surface area (Å²) in [6, 6.07) is 9.25. The third-order valence-electron chi connectivity index (χ3n) is 3.68. The van der Waals surface area contributed by atoms with Gasteiger partial charge in [0.05, 0.1) is 18.0 Å². The summed E-state index contributed by atoms with van der Waals surface area (Å²) in [6.07, 6.45) is 1.72. The van der Waals surface area contributed by atoms with Crippen molar-refractivity contribution in [3.05, 3.63) is 36.2 Å². The molecule has 0 aliphatic heterocycles. The number of imidazole rings is 1. The molecule has 23 heavy (non-hydrogen) atoms. The predicted octanol–water partition coefficient (Wildman–Crippen LogP) is 2.69. The van der Waals surface area contributed by atoms with Crippen molar-refractivity contribution in [3.63, 3.8) is 0 Å². The number of fused-ring (bicyclic) bond motifs is 3. The Bertz CT molecular complexity index is 1090. The lowest BCUT2D eigenvalue weighted by Gasteiger charge is -2.00. The van der Waals surface area contributed by atoms with Gasteiger partial charge in [0.15, 0.2) is 11.3 Å². The lowest BCUT2D eigenvalue weighted by molar-refractivity contribution is 0.608. The summed E-state index contributed by atoms with van der Waals surface area (Å²) >= 11 is 0. The van der Waals surface area contributed by atoms with E-state index in [9.17, 15) is 0 Å². The fourth-order valence-electron chi connectivity index (χ4n) is 2.60. The predicted molar refractivity (Wildman–Crippen MR) is 85.8 cm³/mol. The summed E-state index contributed by atoms with van der Waals surface area (Å²) < 4.78 is 7.70. The molecule has 0 amide bonds. The molecule has 4 aromatic rings. The van der Waals surface area contributed by atoms with Gasteiger partial charge in [-0.3, -0.25) is 0 Å². The normalized spacial score (nSPS) is 11.0. The number of nitrogens with zero attached hydrogens (tertiary/aromatic N) is 5. The van der Waals surface area contributed by atoms with Gasteiger partial charge < -0.3 is 14.3 Å². The third kappa shape index (κ3) is 1.92. The number of aromatic nitrogens is 4. The number of rotatable bonds is 2. The van der Waals surface area contributed by atoms with Crippen molar-refractivity contribution in [1.82, 2.24) is 19.5 Å². The van der Waals surface area contributed by atoms with Gasteiger partial charge in [-0.2, -0.15) is 10.2 Å². The van der Waals surface area contributed by atoms with Crippen molar-refractivity contribution in [2.24, 2.45) is 7.05 Å². The van der Waals surface area contributed by atoms with Gasteiger partial charge in [0.2, 0.25) is 5.89 Å². The first-order chi connectivity index (χ1) is 11.2. The van der Waals surface area contributed by atoms with Crippen LogP contribution in [0.15, 0.2) is 35.0 Å². The second-order valence-electron chi connectivity index (χ2n) is 5.13. The Morgan fingerprint density at radius 1 is 1.26 bits per heavy atom. The Balaban J connectivity index is 2.02. The molecule has 0 aliphatic rings. The molecule has 0 saturated heterocycles. The molecule has 0 aliphatic carbocycles. The number of oxazole rings is 1. The Hall–Kier alpha value is -3.40. The van der Waals surface area contributed by atoms with Crippen LogP contribution in [0, 0.1) is 11.3 Å². The Morgan fingerprint density at radius 2 is 2.13 bits per heavy atom. The lowest BCUT2D eigenvalue weighted by atomic mass is 10.1. The van der Waals surface area contributed by atoms with Gasteiger partial charge in [0.25, 0.3) is 5.71 Å². The molecular formula is C16H12N6O. The first-order valence-electron chi connectivity index (χ1n) is 7.01. The second kappa shape index (κ2) is 4.81. The van der Waals surface area contributed by atoms with E-state index in [1.165, 1.54) is 0 Å². The number of hydrogen-bond acceptors (Lipinski definition) is 6. The molecule has 7 nitrogen and oxygen atoms in total. The molecule has 0 saturated carbocycles. The van der Waals surface area contributed by atoms with Crippen LogP contribution in [0.2, 0.25) is 0 Å². The molecule has 0 bridgehead atoms. The van der Waals surface area contributed by atoms with E-state index in [2.05, 4.69) is 26.3 Å². The smallest absolute Gasteiger partial charge is 0.251 e. The summed E-state index contributed by atoms with van der Waals surface area (Å²) in [4.78, 5) is 13.4. The monoisotopic (exact) mass is 304 g/mol. The highest BCUT2D eigenvalue weighted by atomic mass is 16.4. The SMILES string of the molecule is CNc1nc2oc(-c3cccc(C#N)c3)nc2c2c1ncn2C. The summed E-state index contributed by atoms with van der Waals surface area (Å²) in [7, 11) is 3.69. The molecule has 0 atom stereocenters. The Morgan fingerprint density at radius 3 is 2.91 bits per heavy atom. The molecule has 4 rings (SSSR count). The van der Waals surface area contributed by atoms with Crippen molar-refractivity contribution in [2.75, 3.05) is 12.4 Å². The molecule has 0 unspecified atom stereocenters. The van der Waals surface area contributed by atoms with Crippen molar-refractivity contribution < 1.29 is 4.42 Å². The fraction of sp³-hybridized carbons (Fsp3) is 0.125. The van der Waals surface area contributed by atoms with E-state index >= 15 is 0 Å². The first kappa shape index (κ1) is 13.3. The van der Waals surface area contributed by atoms with E-state index in [4.69, 9.17) is 9.68 Å². The highest BCUT2D eigenvalue weighted by molar-refractivity contribution is 6.03. The van der Waals surface area contributed by atoms with Gasteiger partial charge >= 0.3 is 0 Å². The lowest BCUT2D eigenvalue weighted by Crippen LogP contribution is -1.95. The van der Waals surface area contributed by atoms with E-state index in [1.807, 2.05) is 17.7 Å². The third-order valence-corrected chi connectivity index (χ3v) is 3.68. The van der Waals surface area contributed by atoms with Crippen LogP contribution in [-0.4, -0.2) is 26.6 Å². The number of nitriles is 1. The van der Waals surface area contributed by atoms with Crippen LogP contribution in [-0.2, 0) is 7.05 Å². The Labute approximate surface area is 131 Å². The van der Waals surface area contributed by atoms with Crippen molar-refractivity contribution in [1.29, 1.82) is 5.26 Å². The average molecular weight is 304 g/mol. The summed E-state index contributed by atoms with van der Waals surface area (Å²) in [5, 5.41) is 12.1. The molecule has 3 heterocycles. The molecule has 112 valence electrons. The average Bonchev–Trinajstić information content (AvgIpc) is 3.17. The van der Waals surface area contributed by atoms with Crippen LogP contribution in [0.25, 0.3) is 33.7 Å². The maximum atomic E-state index is 9.03. The molecule has 0 spiro atoms. The van der Waals surface area contributed by atoms with Gasteiger partial charge in [-0.05, 0) is 18.2 Å². The quantitative estimate of drug-likeness (QED) is 0.612. The number of benzene rings is 1. The topological polar surface area (TPSA) is 92.6 Å². The van der Waals surface area contributed by atoms with E-state index in [0.717, 1.165) is 16.6 Å². The highest BCUT2D eigenvalue weighted by Gasteiger charge is 2.18.